The van der Waals surface area contributed by atoms with Crippen LogP contribution >= 0.6 is 0 Å². The lowest BCUT2D eigenvalue weighted by Gasteiger charge is -2.23. The van der Waals surface area contributed by atoms with Gasteiger partial charge in [-0.05, 0) is 36.0 Å². The Morgan fingerprint density at radius 1 is 0.966 bits per heavy atom. The second-order valence-electron chi connectivity index (χ2n) is 8.17. The Kier molecular flexibility index (Phi) is 8.36. The van der Waals surface area contributed by atoms with Gasteiger partial charge >= 0.3 is 12.0 Å². The predicted octanol–water partition coefficient (Wildman–Crippen LogP) is 2.13. The maximum absolute atomic E-state index is 12.6. The Bertz CT molecular complexity index is 751. The average molecular weight is 405 g/mol. The summed E-state index contributed by atoms with van der Waals surface area (Å²) in [5, 5.41) is 6.93. The Labute approximate surface area is 171 Å². The largest absolute Gasteiger partial charge is 0.451 e. The molecular formula is C21H31N3O5. The summed E-state index contributed by atoms with van der Waals surface area (Å²) in [5.41, 5.74) is 1.47. The van der Waals surface area contributed by atoms with Crippen LogP contribution in [0.5, 0.6) is 0 Å². The quantitative estimate of drug-likeness (QED) is 0.628. The van der Waals surface area contributed by atoms with E-state index in [4.69, 9.17) is 4.74 Å². The van der Waals surface area contributed by atoms with Crippen LogP contribution in [0.2, 0.25) is 0 Å². The van der Waals surface area contributed by atoms with Gasteiger partial charge in [-0.1, -0.05) is 46.8 Å². The Morgan fingerprint density at radius 2 is 1.52 bits per heavy atom. The Hall–Kier alpha value is -2.90. The van der Waals surface area contributed by atoms with Gasteiger partial charge in [0.25, 0.3) is 11.8 Å². The Balaban J connectivity index is 2.81. The van der Waals surface area contributed by atoms with E-state index in [0.717, 1.165) is 5.56 Å². The van der Waals surface area contributed by atoms with Crippen molar-refractivity contribution < 1.29 is 23.9 Å². The molecule has 1 rings (SSSR count). The second kappa shape index (κ2) is 10.0. The summed E-state index contributed by atoms with van der Waals surface area (Å²) < 4.78 is 5.14. The summed E-state index contributed by atoms with van der Waals surface area (Å²) >= 11 is 0. The van der Waals surface area contributed by atoms with E-state index in [1.165, 1.54) is 14.0 Å². The molecule has 0 heterocycles. The van der Waals surface area contributed by atoms with Crippen molar-refractivity contribution in [1.29, 1.82) is 0 Å². The van der Waals surface area contributed by atoms with Crippen LogP contribution in [-0.4, -0.2) is 43.0 Å². The maximum Gasteiger partial charge on any atom is 0.329 e. The molecule has 0 aliphatic carbocycles. The summed E-state index contributed by atoms with van der Waals surface area (Å²) in [6, 6.07) is 5.52. The molecule has 0 bridgehead atoms. The Morgan fingerprint density at radius 3 is 1.97 bits per heavy atom. The molecule has 0 fully saturated rings. The minimum atomic E-state index is -1.19. The van der Waals surface area contributed by atoms with E-state index >= 15 is 0 Å². The number of carbonyl (C=O) groups excluding carboxylic acids is 4. The zero-order chi connectivity index (χ0) is 22.4. The first-order valence-electron chi connectivity index (χ1n) is 9.51. The van der Waals surface area contributed by atoms with Gasteiger partial charge in [0, 0.05) is 12.6 Å². The molecule has 2 atom stereocenters. The van der Waals surface area contributed by atoms with Crippen molar-refractivity contribution in [3.05, 3.63) is 35.4 Å². The van der Waals surface area contributed by atoms with E-state index in [0.29, 0.717) is 5.56 Å². The van der Waals surface area contributed by atoms with Gasteiger partial charge in [-0.15, -0.1) is 0 Å². The molecule has 0 saturated carbocycles. The molecule has 4 amide bonds. The number of hydrogen-bond donors (Lipinski definition) is 3. The third-order valence-corrected chi connectivity index (χ3v) is 4.35. The van der Waals surface area contributed by atoms with E-state index < -0.39 is 36.0 Å². The lowest BCUT2D eigenvalue weighted by atomic mass is 9.86. The highest BCUT2D eigenvalue weighted by Crippen LogP contribution is 2.22. The number of hydrogen-bond acceptors (Lipinski definition) is 5. The maximum atomic E-state index is 12.6. The number of rotatable bonds is 6. The molecule has 0 spiro atoms. The van der Waals surface area contributed by atoms with Crippen LogP contribution in [0.15, 0.2) is 24.3 Å². The van der Waals surface area contributed by atoms with Crippen molar-refractivity contribution in [2.24, 2.45) is 5.92 Å². The molecule has 8 heteroatoms. The highest BCUT2D eigenvalue weighted by Gasteiger charge is 2.29. The van der Waals surface area contributed by atoms with E-state index in [1.54, 1.807) is 26.0 Å². The van der Waals surface area contributed by atoms with E-state index in [1.807, 2.05) is 17.4 Å². The summed E-state index contributed by atoms with van der Waals surface area (Å²) in [5.74, 6) is -2.19. The SMILES string of the molecule is CNC(=O)NC(=O)[C@@H](C)OC(=O)[C@@H](NC(=O)c1ccc(C(C)(C)C)cc1)C(C)C. The van der Waals surface area contributed by atoms with E-state index in [2.05, 4.69) is 31.4 Å². The second-order valence-corrected chi connectivity index (χ2v) is 8.17. The summed E-state index contributed by atoms with van der Waals surface area (Å²) in [7, 11) is 1.36. The van der Waals surface area contributed by atoms with Crippen LogP contribution < -0.4 is 16.0 Å². The molecule has 160 valence electrons. The molecule has 0 unspecified atom stereocenters. The van der Waals surface area contributed by atoms with Gasteiger partial charge in [-0.2, -0.15) is 0 Å². The molecule has 1 aromatic rings. The molecular weight excluding hydrogens is 374 g/mol. The van der Waals surface area contributed by atoms with Crippen LogP contribution in [0.3, 0.4) is 0 Å². The smallest absolute Gasteiger partial charge is 0.329 e. The first-order valence-corrected chi connectivity index (χ1v) is 9.51. The lowest BCUT2D eigenvalue weighted by Crippen LogP contribution is -2.49. The number of carbonyl (C=O) groups is 4. The summed E-state index contributed by atoms with van der Waals surface area (Å²) in [6.07, 6.45) is -1.19. The van der Waals surface area contributed by atoms with Gasteiger partial charge in [-0.25, -0.2) is 9.59 Å². The number of ether oxygens (including phenoxy) is 1. The third kappa shape index (κ3) is 7.21. The van der Waals surface area contributed by atoms with E-state index in [-0.39, 0.29) is 11.3 Å². The molecule has 1 aromatic carbocycles. The predicted molar refractivity (Wildman–Crippen MR) is 109 cm³/mol. The minimum absolute atomic E-state index is 0.0370. The molecule has 0 saturated heterocycles. The number of nitrogens with one attached hydrogen (secondary N) is 3. The van der Waals surface area contributed by atoms with Gasteiger partial charge in [-0.3, -0.25) is 14.9 Å². The monoisotopic (exact) mass is 405 g/mol. The van der Waals surface area contributed by atoms with Gasteiger partial charge in [0.15, 0.2) is 6.10 Å². The molecule has 0 aromatic heterocycles. The number of imide groups is 1. The van der Waals surface area contributed by atoms with Gasteiger partial charge < -0.3 is 15.4 Å². The third-order valence-electron chi connectivity index (χ3n) is 4.35. The van der Waals surface area contributed by atoms with Crippen LogP contribution in [0, 0.1) is 5.92 Å². The summed E-state index contributed by atoms with van der Waals surface area (Å²) in [6.45, 7) is 11.1. The van der Waals surface area contributed by atoms with Crippen molar-refractivity contribution in [2.75, 3.05) is 7.05 Å². The summed E-state index contributed by atoms with van der Waals surface area (Å²) in [4.78, 5) is 48.1. The molecule has 3 N–H and O–H groups in total. The number of benzene rings is 1. The zero-order valence-electron chi connectivity index (χ0n) is 18.1. The fraction of sp³-hybridized carbons (Fsp3) is 0.524. The van der Waals surface area contributed by atoms with Crippen LogP contribution in [0.4, 0.5) is 4.79 Å². The fourth-order valence-corrected chi connectivity index (χ4v) is 2.42. The average Bonchev–Trinajstić information content (AvgIpc) is 2.64. The van der Waals surface area contributed by atoms with Crippen LogP contribution in [0.25, 0.3) is 0 Å². The van der Waals surface area contributed by atoms with Gasteiger partial charge in [0.2, 0.25) is 0 Å². The van der Waals surface area contributed by atoms with Crippen molar-refractivity contribution in [3.63, 3.8) is 0 Å². The highest BCUT2D eigenvalue weighted by atomic mass is 16.5. The van der Waals surface area contributed by atoms with Crippen LogP contribution in [0.1, 0.15) is 57.5 Å². The van der Waals surface area contributed by atoms with Gasteiger partial charge in [0.05, 0.1) is 0 Å². The molecule has 0 radical (unpaired) electrons. The topological polar surface area (TPSA) is 114 Å². The normalized spacial score (nSPS) is 13.2. The molecule has 0 aliphatic heterocycles. The zero-order valence-corrected chi connectivity index (χ0v) is 18.1. The molecule has 29 heavy (non-hydrogen) atoms. The first kappa shape index (κ1) is 24.1. The van der Waals surface area contributed by atoms with Crippen molar-refractivity contribution in [3.8, 4) is 0 Å². The minimum Gasteiger partial charge on any atom is -0.451 e. The fourth-order valence-electron chi connectivity index (χ4n) is 2.42. The van der Waals surface area contributed by atoms with Crippen LogP contribution in [-0.2, 0) is 19.7 Å². The number of esters is 1. The first-order chi connectivity index (χ1) is 13.4. The standard InChI is InChI=1S/C21H31N3O5/c1-12(2)16(19(27)29-13(3)17(25)24-20(28)22-7)23-18(26)14-8-10-15(11-9-14)21(4,5)6/h8-13,16H,1-7H3,(H,23,26)(H2,22,24,25,28)/t13-,16+/m1/s1. The number of amides is 4. The highest BCUT2D eigenvalue weighted by molar-refractivity contribution is 5.98. The van der Waals surface area contributed by atoms with E-state index in [9.17, 15) is 19.2 Å². The van der Waals surface area contributed by atoms with Crippen molar-refractivity contribution in [1.82, 2.24) is 16.0 Å². The molecule has 0 aliphatic rings. The lowest BCUT2D eigenvalue weighted by molar-refractivity contribution is -0.157. The number of urea groups is 1. The molecule has 8 nitrogen and oxygen atoms in total. The van der Waals surface area contributed by atoms with Crippen molar-refractivity contribution >= 4 is 23.8 Å². The van der Waals surface area contributed by atoms with Crippen molar-refractivity contribution in [2.45, 2.75) is 59.1 Å². The van der Waals surface area contributed by atoms with Gasteiger partial charge in [0.1, 0.15) is 6.04 Å².